The fourth-order valence-corrected chi connectivity index (χ4v) is 4.27. The topological polar surface area (TPSA) is 53.1 Å². The summed E-state index contributed by atoms with van der Waals surface area (Å²) in [6.07, 6.45) is 5.48. The molecule has 4 aromatic carbocycles. The normalized spacial score (nSPS) is 11.3. The van der Waals surface area contributed by atoms with Gasteiger partial charge in [0.1, 0.15) is 11.2 Å². The van der Waals surface area contributed by atoms with Gasteiger partial charge in [0.25, 0.3) is 0 Å². The molecule has 0 aliphatic heterocycles. The Bertz CT molecular complexity index is 1810. The zero-order valence-electron chi connectivity index (χ0n) is 17.6. The summed E-state index contributed by atoms with van der Waals surface area (Å²) < 4.78 is 14.0. The largest absolute Gasteiger partial charge is 2.00 e. The molecule has 0 fully saturated rings. The molecule has 7 rings (SSSR count). The summed E-state index contributed by atoms with van der Waals surface area (Å²) in [6, 6.07) is 30.3. The molecule has 0 aliphatic carbocycles. The second-order valence-corrected chi connectivity index (χ2v) is 7.80. The van der Waals surface area contributed by atoms with Gasteiger partial charge < -0.3 is 14.1 Å². The smallest absolute Gasteiger partial charge is 0.503 e. The van der Waals surface area contributed by atoms with Gasteiger partial charge in [-0.25, -0.2) is 0 Å². The molecule has 0 radical (unpaired) electrons. The van der Waals surface area contributed by atoms with Gasteiger partial charge in [-0.1, -0.05) is 36.4 Å². The van der Waals surface area contributed by atoms with Crippen molar-refractivity contribution in [2.75, 3.05) is 0 Å². The van der Waals surface area contributed by atoms with Crippen LogP contribution in [0, 0.1) is 12.1 Å². The van der Waals surface area contributed by atoms with E-state index < -0.39 is 0 Å². The monoisotopic (exact) mass is 620 g/mol. The number of furan rings is 1. The zero-order valence-corrected chi connectivity index (χ0v) is 19.9. The molecule has 0 atom stereocenters. The SMILES string of the molecule is [Pt+2].[c-]1c(Oc2[c-]c3c(cc2)ccc2c3ncc3c4ccccc4oc32)cccc1-n1cccn1. The summed E-state index contributed by atoms with van der Waals surface area (Å²) >= 11 is 0. The molecule has 0 spiro atoms. The third kappa shape index (κ3) is 3.28. The first-order valence-electron chi connectivity index (χ1n) is 10.6. The van der Waals surface area contributed by atoms with Crippen molar-refractivity contribution in [3.05, 3.63) is 104 Å². The van der Waals surface area contributed by atoms with E-state index >= 15 is 0 Å². The summed E-state index contributed by atoms with van der Waals surface area (Å²) in [4.78, 5) is 4.79. The van der Waals surface area contributed by atoms with Gasteiger partial charge in [-0.3, -0.25) is 4.68 Å². The first-order chi connectivity index (χ1) is 16.3. The molecule has 7 aromatic rings. The molecule has 0 bridgehead atoms. The standard InChI is InChI=1S/C28H15N3O2.Pt/c1-2-8-26-22(7-1)25-17-29-27-23(28(25)33-26)12-10-18-9-11-21(16-24(18)27)32-20-6-3-5-19(15-20)31-14-4-13-30-31;/h1-14,17H;/q-2;+2. The van der Waals surface area contributed by atoms with Crippen LogP contribution in [0.2, 0.25) is 0 Å². The number of benzene rings is 4. The van der Waals surface area contributed by atoms with Gasteiger partial charge in [0.05, 0.1) is 0 Å². The second kappa shape index (κ2) is 8.12. The van der Waals surface area contributed by atoms with E-state index in [1.165, 1.54) is 0 Å². The summed E-state index contributed by atoms with van der Waals surface area (Å²) in [5.41, 5.74) is 3.33. The molecule has 0 unspecified atom stereocenters. The van der Waals surface area contributed by atoms with Crippen LogP contribution in [0.5, 0.6) is 11.5 Å². The Labute approximate surface area is 208 Å². The Morgan fingerprint density at radius 1 is 0.794 bits per heavy atom. The Kier molecular flexibility index (Phi) is 4.93. The molecule has 3 aromatic heterocycles. The molecule has 34 heavy (non-hydrogen) atoms. The van der Waals surface area contributed by atoms with Crippen LogP contribution < -0.4 is 4.74 Å². The van der Waals surface area contributed by atoms with E-state index in [4.69, 9.17) is 14.1 Å². The van der Waals surface area contributed by atoms with E-state index in [0.29, 0.717) is 11.5 Å². The quantitative estimate of drug-likeness (QED) is 0.160. The number of hydrogen-bond acceptors (Lipinski definition) is 4. The number of ether oxygens (including phenoxy) is 1. The Hall–Kier alpha value is -3.95. The number of fused-ring (bicyclic) bond motifs is 7. The van der Waals surface area contributed by atoms with Crippen LogP contribution in [-0.4, -0.2) is 14.8 Å². The minimum absolute atomic E-state index is 0. The zero-order chi connectivity index (χ0) is 21.8. The minimum Gasteiger partial charge on any atom is -0.503 e. The van der Waals surface area contributed by atoms with Crippen molar-refractivity contribution in [1.82, 2.24) is 14.8 Å². The molecule has 0 saturated carbocycles. The van der Waals surface area contributed by atoms with E-state index in [-0.39, 0.29) is 21.1 Å². The predicted molar refractivity (Wildman–Crippen MR) is 128 cm³/mol. The number of nitrogens with zero attached hydrogens (tertiary/aromatic N) is 3. The number of pyridine rings is 1. The molecule has 5 nitrogen and oxygen atoms in total. The maximum atomic E-state index is 6.19. The second-order valence-electron chi connectivity index (χ2n) is 7.80. The minimum atomic E-state index is 0. The van der Waals surface area contributed by atoms with E-state index in [1.54, 1.807) is 10.9 Å². The molecule has 0 saturated heterocycles. The van der Waals surface area contributed by atoms with Gasteiger partial charge in [-0.05, 0) is 23.3 Å². The van der Waals surface area contributed by atoms with Gasteiger partial charge in [0, 0.05) is 46.2 Å². The van der Waals surface area contributed by atoms with Crippen LogP contribution in [0.1, 0.15) is 0 Å². The van der Waals surface area contributed by atoms with E-state index in [1.807, 2.05) is 67.0 Å². The van der Waals surface area contributed by atoms with Crippen molar-refractivity contribution in [3.8, 4) is 17.2 Å². The molecule has 6 heteroatoms. The van der Waals surface area contributed by atoms with Crippen molar-refractivity contribution in [1.29, 1.82) is 0 Å². The van der Waals surface area contributed by atoms with E-state index in [0.717, 1.165) is 49.3 Å². The fraction of sp³-hybridized carbons (Fsp3) is 0. The third-order valence-corrected chi connectivity index (χ3v) is 5.80. The summed E-state index contributed by atoms with van der Waals surface area (Å²) in [7, 11) is 0. The summed E-state index contributed by atoms with van der Waals surface area (Å²) in [6.45, 7) is 0. The Morgan fingerprint density at radius 2 is 1.68 bits per heavy atom. The van der Waals surface area contributed by atoms with Crippen molar-refractivity contribution >= 4 is 43.6 Å². The third-order valence-electron chi connectivity index (χ3n) is 5.80. The molecule has 3 heterocycles. The van der Waals surface area contributed by atoms with Crippen LogP contribution in [0.25, 0.3) is 49.3 Å². The summed E-state index contributed by atoms with van der Waals surface area (Å²) in [5.74, 6) is 1.18. The van der Waals surface area contributed by atoms with E-state index in [9.17, 15) is 0 Å². The van der Waals surface area contributed by atoms with Crippen LogP contribution >= 0.6 is 0 Å². The Balaban J connectivity index is 0.00000217. The number of para-hydroxylation sites is 1. The number of rotatable bonds is 3. The first-order valence-corrected chi connectivity index (χ1v) is 10.6. The van der Waals surface area contributed by atoms with Crippen LogP contribution in [0.4, 0.5) is 0 Å². The van der Waals surface area contributed by atoms with Crippen LogP contribution in [-0.2, 0) is 21.1 Å². The maximum Gasteiger partial charge on any atom is 2.00 e. The van der Waals surface area contributed by atoms with Gasteiger partial charge in [-0.2, -0.15) is 11.2 Å². The maximum absolute atomic E-state index is 6.19. The molecular formula is C28H15N3O2Pt. The van der Waals surface area contributed by atoms with Crippen LogP contribution in [0.3, 0.4) is 0 Å². The molecule has 164 valence electrons. The molecule has 0 aliphatic rings. The molecular weight excluding hydrogens is 605 g/mol. The van der Waals surface area contributed by atoms with E-state index in [2.05, 4.69) is 35.4 Å². The van der Waals surface area contributed by atoms with Crippen molar-refractivity contribution in [3.63, 3.8) is 0 Å². The van der Waals surface area contributed by atoms with Crippen molar-refractivity contribution in [2.45, 2.75) is 0 Å². The number of aromatic nitrogens is 3. The van der Waals surface area contributed by atoms with Gasteiger partial charge >= 0.3 is 21.1 Å². The average Bonchev–Trinajstić information content (AvgIpc) is 3.52. The average molecular weight is 621 g/mol. The van der Waals surface area contributed by atoms with Gasteiger partial charge in [0.2, 0.25) is 0 Å². The molecule has 0 N–H and O–H groups in total. The molecule has 0 amide bonds. The van der Waals surface area contributed by atoms with Gasteiger partial charge in [0.15, 0.2) is 0 Å². The number of hydrogen-bond donors (Lipinski definition) is 0. The van der Waals surface area contributed by atoms with Crippen molar-refractivity contribution < 1.29 is 30.2 Å². The Morgan fingerprint density at radius 3 is 2.59 bits per heavy atom. The predicted octanol–water partition coefficient (Wildman–Crippen LogP) is 6.86. The fourth-order valence-electron chi connectivity index (χ4n) is 4.27. The summed E-state index contributed by atoms with van der Waals surface area (Å²) in [5, 5.41) is 9.20. The first kappa shape index (κ1) is 20.6. The van der Waals surface area contributed by atoms with Gasteiger partial charge in [-0.15, -0.1) is 41.1 Å². The van der Waals surface area contributed by atoms with Crippen molar-refractivity contribution in [2.24, 2.45) is 0 Å². The van der Waals surface area contributed by atoms with Crippen LogP contribution in [0.15, 0.2) is 95.8 Å².